The smallest absolute Gasteiger partial charge is 0.303 e. The minimum absolute atomic E-state index is 0.0136. The number of hydrogen-bond acceptors (Lipinski definition) is 28. The predicted molar refractivity (Wildman–Crippen MR) is 542 cm³/mol. The Bertz CT molecular complexity index is 4850. The molecular formula is C118H166O28. The van der Waals surface area contributed by atoms with Crippen LogP contribution in [0, 0.1) is 94.7 Å². The lowest BCUT2D eigenvalue weighted by Crippen LogP contribution is -2.67. The molecule has 0 aromatic heterocycles. The van der Waals surface area contributed by atoms with Crippen molar-refractivity contribution in [2.75, 3.05) is 39.6 Å². The van der Waals surface area contributed by atoms with Gasteiger partial charge in [0.15, 0.2) is 75.1 Å². The van der Waals surface area contributed by atoms with Gasteiger partial charge in [-0.15, -0.1) is 0 Å². The van der Waals surface area contributed by atoms with Gasteiger partial charge >= 0.3 is 11.9 Å². The molecule has 18 unspecified atom stereocenters. The maximum Gasteiger partial charge on any atom is 0.303 e. The van der Waals surface area contributed by atoms with Crippen molar-refractivity contribution < 1.29 is 133 Å². The summed E-state index contributed by atoms with van der Waals surface area (Å²) in [5.41, 5.74) is 5.86. The lowest BCUT2D eigenvalue weighted by molar-refractivity contribution is -0.411. The molecule has 45 atom stereocenters. The minimum Gasteiger partial charge on any atom is -0.457 e. The van der Waals surface area contributed by atoms with E-state index < -0.39 is 166 Å². The predicted octanol–water partition coefficient (Wildman–Crippen LogP) is 19.7. The Morgan fingerprint density at radius 1 is 0.253 bits per heavy atom. The van der Waals surface area contributed by atoms with Crippen LogP contribution in [0.1, 0.15) is 204 Å². The van der Waals surface area contributed by atoms with Gasteiger partial charge in [-0.2, -0.15) is 0 Å². The van der Waals surface area contributed by atoms with E-state index in [0.717, 1.165) is 33.4 Å². The average Bonchev–Trinajstić information content (AvgIpc) is 0.754. The fraction of sp³-hybridized carbons (Fsp3) is 0.678. The molecule has 0 spiro atoms. The zero-order valence-electron chi connectivity index (χ0n) is 89.6. The van der Waals surface area contributed by atoms with Gasteiger partial charge < -0.3 is 123 Å². The summed E-state index contributed by atoms with van der Waals surface area (Å²) in [6, 6.07) is 60.4. The quantitative estimate of drug-likeness (QED) is 0.0323. The van der Waals surface area contributed by atoms with Crippen LogP contribution >= 0.6 is 0 Å². The molecular weight excluding hydrogens is 1870 g/mol. The number of ether oxygens (including phenoxy) is 26. The average molecular weight is 2030 g/mol. The molecule has 0 N–H and O–H groups in total. The molecule has 0 aliphatic carbocycles. The van der Waals surface area contributed by atoms with Gasteiger partial charge in [0, 0.05) is 54.9 Å². The van der Waals surface area contributed by atoms with Crippen LogP contribution in [0.25, 0.3) is 0 Å². The summed E-state index contributed by atoms with van der Waals surface area (Å²) in [6.45, 7) is 45.9. The van der Waals surface area contributed by atoms with E-state index in [-0.39, 0.29) is 152 Å². The van der Waals surface area contributed by atoms with E-state index in [1.54, 1.807) is 0 Å². The Hall–Kier alpha value is -6.70. The first-order valence-corrected chi connectivity index (χ1v) is 54.4. The van der Waals surface area contributed by atoms with E-state index in [9.17, 15) is 9.59 Å². The molecule has 146 heavy (non-hydrogen) atoms. The third kappa shape index (κ3) is 27.2. The fourth-order valence-electron chi connectivity index (χ4n) is 23.0. The van der Waals surface area contributed by atoms with Crippen LogP contribution in [0.3, 0.4) is 0 Å². The Kier molecular flexibility index (Phi) is 40.4. The first-order chi connectivity index (χ1) is 70.5. The summed E-state index contributed by atoms with van der Waals surface area (Å²) in [6.07, 6.45) is -20.7. The summed E-state index contributed by atoms with van der Waals surface area (Å²) < 4.78 is 188. The molecule has 0 saturated carbocycles. The number of benzene rings is 6. The maximum atomic E-state index is 13.2. The standard InChI is InChI=1S/C118H166O28/c1-22-90-66(4)71(9)102(143-110-78(16)70(8)95(63-126-110)136-115-103(129-82(20)119)73(11)68(6)93(134-115)60-121-55-84-43-31-25-32-44-84)114(131-90)128-65-98-106(145-112-81(19)77(15)101-97(138-112)64-127-113(140-101)89-53-41-30-42-54-89)107(108(124-58-87-49-37-28-38-50-87)118(139-98)142-100-75(13)79(17)109(125-59-88-51-39-29-40-52-88)137-96(100)62-123-57-86-47-35-27-36-48-86)146-117-105(72(10)67(5)91(23-2)132-117)144-111-80(18)76(14)99(92(24-3)133-111)141-116-104(130-83(21)120)74(12)69(7)94(135-116)61-122-56-85-45-33-26-34-46-85/h25-54,66-81,90-118H,22-24,55-65H2,1-21H3/t66-,67+,68+,69+,70+,71-,72?,73-,74-,75+,76+,77+,78?,79?,80?,81?,90?,91?,92?,93?,94?,95+,96?,97?,98?,99-,100-,101-,102?,103?,104?,105-,106+,107-,108?,109+,110-,111-,112-,113?,114-,115-,116-,117-,118-/m0/s1. The number of rotatable bonds is 41. The van der Waals surface area contributed by atoms with Crippen LogP contribution in [-0.2, 0) is 166 Å². The Morgan fingerprint density at radius 2 is 0.596 bits per heavy atom. The highest BCUT2D eigenvalue weighted by molar-refractivity contribution is 5.66. The second-order valence-electron chi connectivity index (χ2n) is 43.5. The van der Waals surface area contributed by atoms with Crippen molar-refractivity contribution >= 4 is 11.9 Å². The number of carbonyl (C=O) groups is 2. The third-order valence-corrected chi connectivity index (χ3v) is 34.0. The monoisotopic (exact) mass is 2030 g/mol. The van der Waals surface area contributed by atoms with Crippen molar-refractivity contribution in [3.05, 3.63) is 215 Å². The van der Waals surface area contributed by atoms with E-state index >= 15 is 0 Å². The summed E-state index contributed by atoms with van der Waals surface area (Å²) in [4.78, 5) is 26.2. The summed E-state index contributed by atoms with van der Waals surface area (Å²) in [5, 5.41) is 0. The highest BCUT2D eigenvalue weighted by Gasteiger charge is 2.61. The first kappa shape index (κ1) is 112. The Morgan fingerprint density at radius 3 is 1.10 bits per heavy atom. The van der Waals surface area contributed by atoms with Gasteiger partial charge in [0.05, 0.1) is 128 Å². The summed E-state index contributed by atoms with van der Waals surface area (Å²) in [7, 11) is 0. The van der Waals surface area contributed by atoms with Crippen LogP contribution in [0.4, 0.5) is 0 Å². The highest BCUT2D eigenvalue weighted by Crippen LogP contribution is 2.50. The molecule has 10 heterocycles. The van der Waals surface area contributed by atoms with Gasteiger partial charge in [0.25, 0.3) is 0 Å². The minimum atomic E-state index is -1.33. The van der Waals surface area contributed by atoms with E-state index in [1.165, 1.54) is 13.8 Å². The number of fused-ring (bicyclic) bond motifs is 1. The highest BCUT2D eigenvalue weighted by atomic mass is 16.8. The lowest BCUT2D eigenvalue weighted by atomic mass is 9.81. The maximum absolute atomic E-state index is 13.2. The van der Waals surface area contributed by atoms with Gasteiger partial charge in [-0.3, -0.25) is 9.59 Å². The topological polar surface area (TPSA) is 274 Å². The fourth-order valence-corrected chi connectivity index (χ4v) is 23.0. The molecule has 0 bridgehead atoms. The molecule has 10 saturated heterocycles. The van der Waals surface area contributed by atoms with Gasteiger partial charge in [-0.25, -0.2) is 0 Å². The first-order valence-electron chi connectivity index (χ1n) is 54.4. The zero-order chi connectivity index (χ0) is 103. The summed E-state index contributed by atoms with van der Waals surface area (Å²) >= 11 is 0. The van der Waals surface area contributed by atoms with Crippen LogP contribution in [0.5, 0.6) is 0 Å². The van der Waals surface area contributed by atoms with Crippen molar-refractivity contribution in [3.63, 3.8) is 0 Å². The van der Waals surface area contributed by atoms with Gasteiger partial charge in [0.2, 0.25) is 0 Å². The third-order valence-electron chi connectivity index (χ3n) is 34.0. The SMILES string of the molecule is CCC1O[C@@H](O[C@@H]2C(OCc3ccccc3)[C@H](O[C@@H]3C(COCc4ccccc4)O[C@@H](OCc4ccccc4)C(C)[C@H]3C)OC(CO[C@H]3OC(CC)[C@@H](C)[C@H](C)C3O[C@@H]3OC[C@@H](O[C@@H]4OC(COCc5ccccc5)[C@H](C)[C@H](C)C4OC(C)=O)[C@H](C)C3C)[C@H]2O[C@@H]2OC3COC(c4ccccc4)O[C@H]3[C@H](C)C2C)[C@@H](O[C@@H]2OC(CC)[C@@H](O[C@@H]3OC(COCc4ccccc4)[C@H](C)[C@H](C)C3OC(C)=O)[C@H](C)C2C)C(C)[C@H]1C. The molecule has 10 aliphatic rings. The second kappa shape index (κ2) is 52.8. The Labute approximate surface area is 866 Å². The molecule has 16 rings (SSSR count). The molecule has 28 heteroatoms. The zero-order valence-corrected chi connectivity index (χ0v) is 89.6. The number of esters is 2. The van der Waals surface area contributed by atoms with E-state index in [1.807, 2.05) is 182 Å². The normalized spacial score (nSPS) is 40.7. The molecule has 28 nitrogen and oxygen atoms in total. The van der Waals surface area contributed by atoms with E-state index in [4.69, 9.17) is 123 Å². The summed E-state index contributed by atoms with van der Waals surface area (Å²) in [5.74, 6) is -3.82. The van der Waals surface area contributed by atoms with Crippen LogP contribution < -0.4 is 0 Å². The van der Waals surface area contributed by atoms with Crippen molar-refractivity contribution in [2.45, 2.75) is 377 Å². The van der Waals surface area contributed by atoms with E-state index in [0.29, 0.717) is 58.9 Å². The van der Waals surface area contributed by atoms with E-state index in [2.05, 4.69) is 132 Å². The van der Waals surface area contributed by atoms with Gasteiger partial charge in [-0.1, -0.05) is 314 Å². The van der Waals surface area contributed by atoms with Crippen LogP contribution in [-0.4, -0.2) is 224 Å². The molecule has 6 aromatic rings. The molecule has 10 fully saturated rings. The van der Waals surface area contributed by atoms with Crippen molar-refractivity contribution in [1.29, 1.82) is 0 Å². The molecule has 806 valence electrons. The van der Waals surface area contributed by atoms with Crippen LogP contribution in [0.2, 0.25) is 0 Å². The largest absolute Gasteiger partial charge is 0.457 e. The number of carbonyl (C=O) groups excluding carboxylic acids is 2. The van der Waals surface area contributed by atoms with Gasteiger partial charge in [-0.05, 0) is 106 Å². The lowest BCUT2D eigenvalue weighted by Gasteiger charge is -2.54. The molecule has 0 amide bonds. The Balaban J connectivity index is 0.758. The van der Waals surface area contributed by atoms with Crippen molar-refractivity contribution in [1.82, 2.24) is 0 Å². The van der Waals surface area contributed by atoms with Crippen molar-refractivity contribution in [3.8, 4) is 0 Å². The molecule has 10 aliphatic heterocycles. The van der Waals surface area contributed by atoms with Crippen LogP contribution in [0.15, 0.2) is 182 Å². The molecule has 6 aromatic carbocycles. The number of hydrogen-bond donors (Lipinski definition) is 0. The van der Waals surface area contributed by atoms with Gasteiger partial charge in [0.1, 0.15) is 48.8 Å². The second-order valence-corrected chi connectivity index (χ2v) is 43.5. The molecule has 0 radical (unpaired) electrons. The van der Waals surface area contributed by atoms with Crippen molar-refractivity contribution in [2.24, 2.45) is 94.7 Å².